The van der Waals surface area contributed by atoms with Crippen LogP contribution in [0.15, 0.2) is 24.3 Å². The monoisotopic (exact) mass is 257 g/mol. The normalized spacial score (nSPS) is 22.3. The predicted molar refractivity (Wildman–Crippen MR) is 75.7 cm³/mol. The summed E-state index contributed by atoms with van der Waals surface area (Å²) >= 11 is 0. The number of benzene rings is 1. The fraction of sp³-hybridized carbons (Fsp3) is 0.438. The van der Waals surface area contributed by atoms with E-state index in [1.54, 1.807) is 7.11 Å². The highest BCUT2D eigenvalue weighted by Crippen LogP contribution is 2.30. The lowest BCUT2D eigenvalue weighted by Crippen LogP contribution is -2.38. The molecular weight excluding hydrogens is 238 g/mol. The molecule has 1 saturated carbocycles. The molecule has 0 spiro atoms. The number of fused-ring (bicyclic) bond motifs is 1. The van der Waals surface area contributed by atoms with E-state index in [-0.39, 0.29) is 0 Å². The van der Waals surface area contributed by atoms with Crippen LogP contribution in [-0.2, 0) is 4.74 Å². The lowest BCUT2D eigenvalue weighted by atomic mass is 9.92. The molecule has 3 nitrogen and oxygen atoms in total. The van der Waals surface area contributed by atoms with E-state index in [4.69, 9.17) is 9.47 Å². The fourth-order valence-corrected chi connectivity index (χ4v) is 2.61. The van der Waals surface area contributed by atoms with E-state index in [0.717, 1.165) is 29.8 Å². The van der Waals surface area contributed by atoms with E-state index in [1.807, 2.05) is 19.1 Å². The lowest BCUT2D eigenvalue weighted by Gasteiger charge is -2.34. The van der Waals surface area contributed by atoms with Gasteiger partial charge in [0, 0.05) is 31.0 Å². The Morgan fingerprint density at radius 2 is 1.89 bits per heavy atom. The molecule has 1 fully saturated rings. The van der Waals surface area contributed by atoms with Gasteiger partial charge in [0.05, 0.1) is 11.6 Å². The number of aromatic nitrogens is 1. The highest BCUT2D eigenvalue weighted by atomic mass is 16.5. The molecule has 0 atom stereocenters. The third-order valence-corrected chi connectivity index (χ3v) is 3.80. The van der Waals surface area contributed by atoms with Gasteiger partial charge in [-0.1, -0.05) is 0 Å². The Kier molecular flexibility index (Phi) is 3.15. The number of aryl methyl sites for hydroxylation is 2. The number of pyridine rings is 1. The molecule has 3 rings (SSSR count). The van der Waals surface area contributed by atoms with Crippen LogP contribution in [0.5, 0.6) is 5.75 Å². The summed E-state index contributed by atoms with van der Waals surface area (Å²) in [5, 5.41) is 1.17. The zero-order chi connectivity index (χ0) is 13.4. The van der Waals surface area contributed by atoms with Crippen molar-refractivity contribution in [2.45, 2.75) is 38.9 Å². The SMILES string of the molecule is COC1CC(Oc2ccc3nc(C)cc(C)c3c2)C1. The average molecular weight is 257 g/mol. The van der Waals surface area contributed by atoms with Crippen LogP contribution in [0.25, 0.3) is 10.9 Å². The van der Waals surface area contributed by atoms with E-state index in [9.17, 15) is 0 Å². The van der Waals surface area contributed by atoms with Crippen LogP contribution in [0, 0.1) is 13.8 Å². The second-order valence-electron chi connectivity index (χ2n) is 5.33. The zero-order valence-corrected chi connectivity index (χ0v) is 11.6. The number of nitrogens with zero attached hydrogens (tertiary/aromatic N) is 1. The molecule has 3 heteroatoms. The Bertz CT molecular complexity index is 603. The molecule has 0 saturated heterocycles. The van der Waals surface area contributed by atoms with Gasteiger partial charge in [0.1, 0.15) is 11.9 Å². The summed E-state index contributed by atoms with van der Waals surface area (Å²) in [6.45, 7) is 4.14. The van der Waals surface area contributed by atoms with E-state index in [0.29, 0.717) is 12.2 Å². The van der Waals surface area contributed by atoms with Crippen molar-refractivity contribution in [1.29, 1.82) is 0 Å². The third-order valence-electron chi connectivity index (χ3n) is 3.80. The van der Waals surface area contributed by atoms with Gasteiger partial charge in [-0.15, -0.1) is 0 Å². The molecule has 1 aliphatic carbocycles. The van der Waals surface area contributed by atoms with Crippen molar-refractivity contribution in [1.82, 2.24) is 4.98 Å². The molecule has 0 radical (unpaired) electrons. The minimum atomic E-state index is 0.293. The molecule has 0 bridgehead atoms. The van der Waals surface area contributed by atoms with Crippen LogP contribution in [-0.4, -0.2) is 24.3 Å². The Balaban J connectivity index is 1.82. The van der Waals surface area contributed by atoms with E-state index >= 15 is 0 Å². The number of hydrogen-bond donors (Lipinski definition) is 0. The Labute approximate surface area is 113 Å². The Morgan fingerprint density at radius 1 is 1.11 bits per heavy atom. The summed E-state index contributed by atoms with van der Waals surface area (Å²) in [7, 11) is 1.76. The Morgan fingerprint density at radius 3 is 2.63 bits per heavy atom. The second-order valence-corrected chi connectivity index (χ2v) is 5.33. The van der Waals surface area contributed by atoms with Crippen molar-refractivity contribution < 1.29 is 9.47 Å². The molecule has 1 aromatic heterocycles. The molecule has 0 aliphatic heterocycles. The van der Waals surface area contributed by atoms with Crippen molar-refractivity contribution in [3.05, 3.63) is 35.5 Å². The van der Waals surface area contributed by atoms with Crippen LogP contribution < -0.4 is 4.74 Å². The van der Waals surface area contributed by atoms with Gasteiger partial charge in [-0.05, 0) is 43.7 Å². The van der Waals surface area contributed by atoms with Gasteiger partial charge in [-0.25, -0.2) is 0 Å². The quantitative estimate of drug-likeness (QED) is 0.844. The van der Waals surface area contributed by atoms with Gasteiger partial charge < -0.3 is 9.47 Å². The van der Waals surface area contributed by atoms with Crippen molar-refractivity contribution in [3.8, 4) is 5.75 Å². The molecule has 1 heterocycles. The predicted octanol–water partition coefficient (Wildman–Crippen LogP) is 3.41. The van der Waals surface area contributed by atoms with Crippen molar-refractivity contribution in [2.75, 3.05) is 7.11 Å². The average Bonchev–Trinajstić information content (AvgIpc) is 2.33. The molecule has 0 amide bonds. The maximum absolute atomic E-state index is 5.97. The minimum Gasteiger partial charge on any atom is -0.490 e. The molecular formula is C16H19NO2. The summed E-state index contributed by atoms with van der Waals surface area (Å²) in [4.78, 5) is 4.54. The van der Waals surface area contributed by atoms with Crippen molar-refractivity contribution >= 4 is 10.9 Å². The lowest BCUT2D eigenvalue weighted by molar-refractivity contribution is -0.0380. The standard InChI is InChI=1S/C16H19NO2/c1-10-6-11(2)17-16-5-4-12(9-15(10)16)19-14-7-13(8-14)18-3/h4-6,9,13-14H,7-8H2,1-3H3. The van der Waals surface area contributed by atoms with Gasteiger partial charge in [0.15, 0.2) is 0 Å². The number of rotatable bonds is 3. The first kappa shape index (κ1) is 12.4. The molecule has 1 aliphatic rings. The summed E-state index contributed by atoms with van der Waals surface area (Å²) in [6.07, 6.45) is 2.64. The summed E-state index contributed by atoms with van der Waals surface area (Å²) in [5.41, 5.74) is 3.34. The van der Waals surface area contributed by atoms with Crippen molar-refractivity contribution in [3.63, 3.8) is 0 Å². The van der Waals surface area contributed by atoms with Crippen LogP contribution in [0.1, 0.15) is 24.1 Å². The smallest absolute Gasteiger partial charge is 0.120 e. The molecule has 19 heavy (non-hydrogen) atoms. The topological polar surface area (TPSA) is 31.4 Å². The highest BCUT2D eigenvalue weighted by Gasteiger charge is 2.30. The van der Waals surface area contributed by atoms with E-state index < -0.39 is 0 Å². The van der Waals surface area contributed by atoms with E-state index in [2.05, 4.69) is 24.0 Å². The zero-order valence-electron chi connectivity index (χ0n) is 11.6. The highest BCUT2D eigenvalue weighted by molar-refractivity contribution is 5.83. The molecule has 0 N–H and O–H groups in total. The summed E-state index contributed by atoms with van der Waals surface area (Å²) in [6, 6.07) is 8.25. The van der Waals surface area contributed by atoms with Gasteiger partial charge in [-0.2, -0.15) is 0 Å². The molecule has 2 aromatic rings. The third kappa shape index (κ3) is 2.43. The Hall–Kier alpha value is -1.61. The molecule has 100 valence electrons. The van der Waals surface area contributed by atoms with Gasteiger partial charge in [0.25, 0.3) is 0 Å². The summed E-state index contributed by atoms with van der Waals surface area (Å²) in [5.74, 6) is 0.931. The van der Waals surface area contributed by atoms with Crippen LogP contribution in [0.2, 0.25) is 0 Å². The van der Waals surface area contributed by atoms with Crippen LogP contribution in [0.4, 0.5) is 0 Å². The van der Waals surface area contributed by atoms with Crippen molar-refractivity contribution in [2.24, 2.45) is 0 Å². The van der Waals surface area contributed by atoms with Gasteiger partial charge >= 0.3 is 0 Å². The minimum absolute atomic E-state index is 0.293. The maximum Gasteiger partial charge on any atom is 0.120 e. The fourth-order valence-electron chi connectivity index (χ4n) is 2.61. The molecule has 0 unspecified atom stereocenters. The van der Waals surface area contributed by atoms with Gasteiger partial charge in [0.2, 0.25) is 0 Å². The van der Waals surface area contributed by atoms with E-state index in [1.165, 1.54) is 10.9 Å². The van der Waals surface area contributed by atoms with Crippen LogP contribution in [0.3, 0.4) is 0 Å². The maximum atomic E-state index is 5.97. The number of methoxy groups -OCH3 is 1. The largest absolute Gasteiger partial charge is 0.490 e. The first-order valence-electron chi connectivity index (χ1n) is 6.73. The van der Waals surface area contributed by atoms with Crippen LogP contribution >= 0.6 is 0 Å². The first-order valence-corrected chi connectivity index (χ1v) is 6.73. The molecule has 1 aromatic carbocycles. The van der Waals surface area contributed by atoms with Gasteiger partial charge in [-0.3, -0.25) is 4.98 Å². The summed E-state index contributed by atoms with van der Waals surface area (Å²) < 4.78 is 11.2. The number of hydrogen-bond acceptors (Lipinski definition) is 3. The first-order chi connectivity index (χ1) is 9.15. The number of ether oxygens (including phenoxy) is 2. The second kappa shape index (κ2) is 4.82.